The molecule has 1 atom stereocenters. The first kappa shape index (κ1) is 20.7. The van der Waals surface area contributed by atoms with Crippen LogP contribution in [0.15, 0.2) is 84.9 Å². The van der Waals surface area contributed by atoms with E-state index in [1.807, 2.05) is 65.6 Å². The van der Waals surface area contributed by atoms with Crippen LogP contribution in [0.3, 0.4) is 0 Å². The highest BCUT2D eigenvalue weighted by Crippen LogP contribution is 2.46. The number of carbonyl (C=O) groups is 1. The quantitative estimate of drug-likeness (QED) is 0.506. The highest BCUT2D eigenvalue weighted by molar-refractivity contribution is 6.31. The van der Waals surface area contributed by atoms with Gasteiger partial charge in [0.15, 0.2) is 5.54 Å². The van der Waals surface area contributed by atoms with Gasteiger partial charge in [0.25, 0.3) is 5.91 Å². The van der Waals surface area contributed by atoms with Crippen LogP contribution in [0.4, 0.5) is 5.69 Å². The van der Waals surface area contributed by atoms with Gasteiger partial charge in [-0.15, -0.1) is 0 Å². The molecule has 3 aromatic carbocycles. The number of benzene rings is 3. The summed E-state index contributed by atoms with van der Waals surface area (Å²) in [4.78, 5) is 15.8. The van der Waals surface area contributed by atoms with Gasteiger partial charge in [-0.05, 0) is 35.4 Å². The van der Waals surface area contributed by atoms with Crippen LogP contribution < -0.4 is 5.32 Å². The van der Waals surface area contributed by atoms with Gasteiger partial charge in [0, 0.05) is 34.3 Å². The largest absolute Gasteiger partial charge is 0.459 e. The summed E-state index contributed by atoms with van der Waals surface area (Å²) < 4.78 is 11.2. The van der Waals surface area contributed by atoms with Gasteiger partial charge in [0.1, 0.15) is 6.26 Å². The third-order valence-corrected chi connectivity index (χ3v) is 6.24. The first-order valence-electron chi connectivity index (χ1n) is 10.2. The molecule has 1 amide bonds. The Morgan fingerprint density at radius 1 is 0.938 bits per heavy atom. The number of hydrogen-bond donors (Lipinski definition) is 1. The lowest BCUT2D eigenvalue weighted by molar-refractivity contribution is -0.129. The molecule has 5 rings (SSSR count). The van der Waals surface area contributed by atoms with E-state index >= 15 is 0 Å². The zero-order valence-corrected chi connectivity index (χ0v) is 18.6. The molecule has 0 aliphatic carbocycles. The van der Waals surface area contributed by atoms with E-state index in [-0.39, 0.29) is 12.7 Å². The fraction of sp³-hybridized carbons (Fsp3) is 0.160. The molecule has 162 valence electrons. The van der Waals surface area contributed by atoms with Crippen LogP contribution in [-0.4, -0.2) is 17.6 Å². The Hall–Kier alpha value is -3.15. The second-order valence-electron chi connectivity index (χ2n) is 7.77. The van der Waals surface area contributed by atoms with E-state index < -0.39 is 5.54 Å². The number of halogens is 2. The molecule has 0 radical (unpaired) electrons. The summed E-state index contributed by atoms with van der Waals surface area (Å²) >= 11 is 12.5. The Bertz CT molecular complexity index is 1200. The van der Waals surface area contributed by atoms with Crippen molar-refractivity contribution in [2.24, 2.45) is 0 Å². The first-order valence-corrected chi connectivity index (χ1v) is 10.9. The second-order valence-corrected chi connectivity index (χ2v) is 8.64. The molecule has 0 bridgehead atoms. The van der Waals surface area contributed by atoms with E-state index in [0.717, 1.165) is 16.7 Å². The summed E-state index contributed by atoms with van der Waals surface area (Å²) in [6, 6.07) is 23.0. The van der Waals surface area contributed by atoms with Crippen molar-refractivity contribution in [3.63, 3.8) is 0 Å². The molecule has 0 saturated heterocycles. The number of rotatable bonds is 6. The van der Waals surface area contributed by atoms with Crippen molar-refractivity contribution in [2.45, 2.75) is 18.5 Å². The molecule has 0 fully saturated rings. The molecule has 5 nitrogen and oxygen atoms in total. The topological polar surface area (TPSA) is 50.8 Å². The minimum absolute atomic E-state index is 0.100. The van der Waals surface area contributed by atoms with Crippen LogP contribution in [0, 0.1) is 0 Å². The molecule has 1 unspecified atom stereocenters. The third-order valence-electron chi connectivity index (χ3n) is 5.77. The average Bonchev–Trinajstić information content (AvgIpc) is 3.40. The number of amides is 1. The van der Waals surface area contributed by atoms with Crippen LogP contribution in [0.5, 0.6) is 0 Å². The predicted molar refractivity (Wildman–Crippen MR) is 124 cm³/mol. The summed E-state index contributed by atoms with van der Waals surface area (Å²) in [5.74, 6) is 0.330. The monoisotopic (exact) mass is 466 g/mol. The number of ether oxygens (including phenoxy) is 2. The molecule has 3 aromatic rings. The van der Waals surface area contributed by atoms with Crippen molar-refractivity contribution in [1.29, 1.82) is 0 Å². The molecule has 2 heterocycles. The number of nitrogens with zero attached hydrogens (tertiary/aromatic N) is 1. The maximum Gasteiger partial charge on any atom is 0.255 e. The fourth-order valence-electron chi connectivity index (χ4n) is 4.35. The van der Waals surface area contributed by atoms with Gasteiger partial charge in [0.2, 0.25) is 12.7 Å². The molecule has 0 aromatic heterocycles. The maximum absolute atomic E-state index is 13.8. The minimum atomic E-state index is -1.10. The van der Waals surface area contributed by atoms with E-state index in [0.29, 0.717) is 34.6 Å². The van der Waals surface area contributed by atoms with Crippen molar-refractivity contribution in [1.82, 2.24) is 4.90 Å². The van der Waals surface area contributed by atoms with Crippen molar-refractivity contribution in [2.75, 3.05) is 12.1 Å². The van der Waals surface area contributed by atoms with Crippen LogP contribution >= 0.6 is 23.2 Å². The highest BCUT2D eigenvalue weighted by Gasteiger charge is 2.53. The summed E-state index contributed by atoms with van der Waals surface area (Å²) in [7, 11) is 0. The van der Waals surface area contributed by atoms with Crippen molar-refractivity contribution >= 4 is 34.8 Å². The van der Waals surface area contributed by atoms with E-state index in [9.17, 15) is 4.79 Å². The van der Waals surface area contributed by atoms with Gasteiger partial charge in [-0.1, -0.05) is 71.7 Å². The number of carbonyl (C=O) groups excluding carboxylic acids is 1. The standard InChI is InChI=1S/C25H20Cl2N2O3/c26-19-8-4-7-18(11-19)13-25(21-10-9-20(27)12-22(21)28-24(25)30)29(23-15-31-16-32-23)14-17-5-2-1-3-6-17/h1-12,15H,13-14,16H2,(H,28,30). The van der Waals surface area contributed by atoms with Crippen molar-refractivity contribution < 1.29 is 14.3 Å². The Labute approximate surface area is 196 Å². The van der Waals surface area contributed by atoms with E-state index in [2.05, 4.69) is 5.32 Å². The maximum atomic E-state index is 13.8. The van der Waals surface area contributed by atoms with Crippen LogP contribution in [0.1, 0.15) is 16.7 Å². The van der Waals surface area contributed by atoms with Crippen LogP contribution in [0.25, 0.3) is 0 Å². The highest BCUT2D eigenvalue weighted by atomic mass is 35.5. The molecule has 7 heteroatoms. The minimum Gasteiger partial charge on any atom is -0.459 e. The van der Waals surface area contributed by atoms with Gasteiger partial charge in [-0.25, -0.2) is 0 Å². The lowest BCUT2D eigenvalue weighted by Gasteiger charge is -2.41. The Balaban J connectivity index is 1.70. The van der Waals surface area contributed by atoms with Crippen LogP contribution in [-0.2, 0) is 32.8 Å². The Morgan fingerprint density at radius 2 is 1.72 bits per heavy atom. The zero-order chi connectivity index (χ0) is 22.1. The number of anilines is 1. The van der Waals surface area contributed by atoms with Crippen LogP contribution in [0.2, 0.25) is 10.0 Å². The van der Waals surface area contributed by atoms with E-state index in [1.54, 1.807) is 18.4 Å². The SMILES string of the molecule is O=C1Nc2cc(Cl)ccc2C1(Cc1cccc(Cl)c1)N(Cc1ccccc1)C1=COCO1. The molecular weight excluding hydrogens is 447 g/mol. The molecular formula is C25H20Cl2N2O3. The summed E-state index contributed by atoms with van der Waals surface area (Å²) in [6.07, 6.45) is 1.94. The Kier molecular flexibility index (Phi) is 5.45. The summed E-state index contributed by atoms with van der Waals surface area (Å²) in [6.45, 7) is 0.537. The predicted octanol–water partition coefficient (Wildman–Crippen LogP) is 5.69. The molecule has 0 saturated carbocycles. The number of hydrogen-bond acceptors (Lipinski definition) is 4. The fourth-order valence-corrected chi connectivity index (χ4v) is 4.74. The average molecular weight is 467 g/mol. The number of nitrogens with one attached hydrogen (secondary N) is 1. The van der Waals surface area contributed by atoms with Gasteiger partial charge >= 0.3 is 0 Å². The van der Waals surface area contributed by atoms with Gasteiger partial charge in [-0.2, -0.15) is 0 Å². The van der Waals surface area contributed by atoms with E-state index in [4.69, 9.17) is 32.7 Å². The lowest BCUT2D eigenvalue weighted by Crippen LogP contribution is -2.52. The molecule has 2 aliphatic rings. The van der Waals surface area contributed by atoms with Crippen molar-refractivity contribution in [3.8, 4) is 0 Å². The summed E-state index contributed by atoms with van der Waals surface area (Å²) in [5, 5.41) is 4.20. The molecule has 1 N–H and O–H groups in total. The third kappa shape index (κ3) is 3.68. The lowest BCUT2D eigenvalue weighted by atomic mass is 9.82. The number of fused-ring (bicyclic) bond motifs is 1. The molecule has 32 heavy (non-hydrogen) atoms. The second kappa shape index (κ2) is 8.41. The van der Waals surface area contributed by atoms with Gasteiger partial charge in [0.05, 0.1) is 0 Å². The smallest absolute Gasteiger partial charge is 0.255 e. The zero-order valence-electron chi connectivity index (χ0n) is 17.1. The summed E-state index contributed by atoms with van der Waals surface area (Å²) in [5.41, 5.74) is 2.36. The van der Waals surface area contributed by atoms with Gasteiger partial charge in [-0.3, -0.25) is 4.79 Å². The first-order chi connectivity index (χ1) is 15.6. The van der Waals surface area contributed by atoms with Crippen molar-refractivity contribution in [3.05, 3.63) is 112 Å². The normalized spacial score (nSPS) is 18.9. The molecule has 0 spiro atoms. The molecule has 2 aliphatic heterocycles. The van der Waals surface area contributed by atoms with E-state index in [1.165, 1.54) is 0 Å². The van der Waals surface area contributed by atoms with Gasteiger partial charge < -0.3 is 19.7 Å². The Morgan fingerprint density at radius 3 is 2.47 bits per heavy atom.